The van der Waals surface area contributed by atoms with Gasteiger partial charge >= 0.3 is 0 Å². The first-order valence-electron chi connectivity index (χ1n) is 3.05. The molecule has 0 bridgehead atoms. The Morgan fingerprint density at radius 1 is 1.62 bits per heavy atom. The Balaban J connectivity index is 3.61. The molecule has 0 aromatic heterocycles. The summed E-state index contributed by atoms with van der Waals surface area (Å²) in [6.45, 7) is 7.12. The van der Waals surface area contributed by atoms with Crippen LogP contribution in [0, 0.1) is 5.92 Å². The third-order valence-corrected chi connectivity index (χ3v) is 1.35. The highest BCUT2D eigenvalue weighted by molar-refractivity contribution is 5.00. The van der Waals surface area contributed by atoms with E-state index in [0.717, 1.165) is 0 Å². The zero-order chi connectivity index (χ0) is 6.57. The molecule has 0 aliphatic carbocycles. The SMILES string of the molecule is CC(=CCN)C(C)C. The fourth-order valence-corrected chi connectivity index (χ4v) is 0.422. The standard InChI is InChI=1S/C7H15N/c1-6(2)7(3)4-5-8/h4,6H,5,8H2,1-3H3. The summed E-state index contributed by atoms with van der Waals surface area (Å²) in [7, 11) is 0. The van der Waals surface area contributed by atoms with Crippen LogP contribution < -0.4 is 5.73 Å². The molecule has 0 aromatic rings. The monoisotopic (exact) mass is 113 g/mol. The fourth-order valence-electron chi connectivity index (χ4n) is 0.422. The van der Waals surface area contributed by atoms with E-state index in [0.29, 0.717) is 12.5 Å². The van der Waals surface area contributed by atoms with Gasteiger partial charge in [0.25, 0.3) is 0 Å². The first kappa shape index (κ1) is 7.70. The maximum Gasteiger partial charge on any atom is 0.0109 e. The first-order valence-corrected chi connectivity index (χ1v) is 3.05. The van der Waals surface area contributed by atoms with Crippen molar-refractivity contribution in [3.63, 3.8) is 0 Å². The minimum atomic E-state index is 0.651. The second-order valence-electron chi connectivity index (χ2n) is 2.34. The Bertz CT molecular complexity index is 82.4. The molecule has 0 atom stereocenters. The van der Waals surface area contributed by atoms with Crippen LogP contribution in [0.2, 0.25) is 0 Å². The number of hydrogen-bond donors (Lipinski definition) is 1. The van der Waals surface area contributed by atoms with Gasteiger partial charge < -0.3 is 5.73 Å². The van der Waals surface area contributed by atoms with Crippen molar-refractivity contribution in [1.29, 1.82) is 0 Å². The van der Waals surface area contributed by atoms with Gasteiger partial charge in [-0.15, -0.1) is 0 Å². The summed E-state index contributed by atoms with van der Waals surface area (Å²) in [4.78, 5) is 0. The summed E-state index contributed by atoms with van der Waals surface area (Å²) in [6.07, 6.45) is 2.06. The fraction of sp³-hybridized carbons (Fsp3) is 0.714. The third-order valence-electron chi connectivity index (χ3n) is 1.35. The summed E-state index contributed by atoms with van der Waals surface area (Å²) >= 11 is 0. The topological polar surface area (TPSA) is 26.0 Å². The van der Waals surface area contributed by atoms with Crippen molar-refractivity contribution < 1.29 is 0 Å². The Hall–Kier alpha value is -0.300. The summed E-state index contributed by atoms with van der Waals surface area (Å²) in [5.74, 6) is 0.651. The van der Waals surface area contributed by atoms with Crippen molar-refractivity contribution in [3.8, 4) is 0 Å². The van der Waals surface area contributed by atoms with Crippen molar-refractivity contribution in [3.05, 3.63) is 11.6 Å². The molecule has 1 nitrogen and oxygen atoms in total. The molecule has 0 rings (SSSR count). The van der Waals surface area contributed by atoms with Crippen molar-refractivity contribution in [2.24, 2.45) is 11.7 Å². The van der Waals surface area contributed by atoms with Crippen LogP contribution in [0.4, 0.5) is 0 Å². The maximum absolute atomic E-state index is 5.29. The molecule has 0 heterocycles. The van der Waals surface area contributed by atoms with E-state index < -0.39 is 0 Å². The molecule has 2 N–H and O–H groups in total. The van der Waals surface area contributed by atoms with Gasteiger partial charge in [-0.1, -0.05) is 25.5 Å². The molecule has 0 aromatic carbocycles. The number of nitrogens with two attached hydrogens (primary N) is 1. The van der Waals surface area contributed by atoms with Gasteiger partial charge in [-0.3, -0.25) is 0 Å². The Kier molecular flexibility index (Phi) is 3.53. The molecular weight excluding hydrogens is 98.1 g/mol. The summed E-state index contributed by atoms with van der Waals surface area (Å²) in [5, 5.41) is 0. The molecule has 8 heavy (non-hydrogen) atoms. The Labute approximate surface area is 51.6 Å². The van der Waals surface area contributed by atoms with E-state index in [-0.39, 0.29) is 0 Å². The molecule has 48 valence electrons. The average molecular weight is 113 g/mol. The number of hydrogen-bond acceptors (Lipinski definition) is 1. The molecule has 0 aliphatic heterocycles. The highest BCUT2D eigenvalue weighted by atomic mass is 14.5. The molecule has 0 unspecified atom stereocenters. The quantitative estimate of drug-likeness (QED) is 0.540. The smallest absolute Gasteiger partial charge is 0.0109 e. The Morgan fingerprint density at radius 3 is 2.25 bits per heavy atom. The lowest BCUT2D eigenvalue weighted by atomic mass is 10.1. The average Bonchev–Trinajstić information content (AvgIpc) is 1.67. The van der Waals surface area contributed by atoms with Gasteiger partial charge in [0.15, 0.2) is 0 Å². The van der Waals surface area contributed by atoms with Gasteiger partial charge in [-0.25, -0.2) is 0 Å². The Morgan fingerprint density at radius 2 is 2.12 bits per heavy atom. The van der Waals surface area contributed by atoms with Crippen LogP contribution in [-0.2, 0) is 0 Å². The third kappa shape index (κ3) is 2.80. The molecule has 0 spiro atoms. The molecule has 0 saturated carbocycles. The molecule has 0 radical (unpaired) electrons. The number of allylic oxidation sites excluding steroid dienone is 1. The van der Waals surface area contributed by atoms with Gasteiger partial charge in [-0.2, -0.15) is 0 Å². The molecule has 0 aliphatic rings. The minimum Gasteiger partial charge on any atom is -0.327 e. The normalized spacial score (nSPS) is 12.9. The van der Waals surface area contributed by atoms with E-state index in [1.54, 1.807) is 0 Å². The van der Waals surface area contributed by atoms with Gasteiger partial charge in [0, 0.05) is 6.54 Å². The highest BCUT2D eigenvalue weighted by Gasteiger charge is 1.91. The molecular formula is C7H15N. The lowest BCUT2D eigenvalue weighted by Gasteiger charge is -2.01. The van der Waals surface area contributed by atoms with Crippen LogP contribution >= 0.6 is 0 Å². The second kappa shape index (κ2) is 3.67. The van der Waals surface area contributed by atoms with Crippen molar-refractivity contribution >= 4 is 0 Å². The van der Waals surface area contributed by atoms with E-state index in [4.69, 9.17) is 5.73 Å². The predicted molar refractivity (Wildman–Crippen MR) is 37.6 cm³/mol. The van der Waals surface area contributed by atoms with Crippen molar-refractivity contribution in [2.75, 3.05) is 6.54 Å². The zero-order valence-electron chi connectivity index (χ0n) is 5.94. The van der Waals surface area contributed by atoms with Gasteiger partial charge in [0.05, 0.1) is 0 Å². The van der Waals surface area contributed by atoms with Crippen molar-refractivity contribution in [1.82, 2.24) is 0 Å². The molecule has 1 heteroatoms. The summed E-state index contributed by atoms with van der Waals surface area (Å²) in [6, 6.07) is 0. The first-order chi connectivity index (χ1) is 3.68. The van der Waals surface area contributed by atoms with Crippen LogP contribution in [0.5, 0.6) is 0 Å². The second-order valence-corrected chi connectivity index (χ2v) is 2.34. The van der Waals surface area contributed by atoms with Crippen LogP contribution in [-0.4, -0.2) is 6.54 Å². The van der Waals surface area contributed by atoms with Gasteiger partial charge in [0.1, 0.15) is 0 Å². The largest absolute Gasteiger partial charge is 0.327 e. The predicted octanol–water partition coefficient (Wildman–Crippen LogP) is 1.55. The lowest BCUT2D eigenvalue weighted by Crippen LogP contribution is -1.97. The minimum absolute atomic E-state index is 0.651. The van der Waals surface area contributed by atoms with Gasteiger partial charge in [-0.05, 0) is 12.8 Å². The van der Waals surface area contributed by atoms with E-state index in [2.05, 4.69) is 26.8 Å². The summed E-state index contributed by atoms with van der Waals surface area (Å²) in [5.41, 5.74) is 6.67. The van der Waals surface area contributed by atoms with Crippen LogP contribution in [0.1, 0.15) is 20.8 Å². The zero-order valence-corrected chi connectivity index (χ0v) is 5.94. The van der Waals surface area contributed by atoms with E-state index in [1.165, 1.54) is 5.57 Å². The molecule has 0 fully saturated rings. The van der Waals surface area contributed by atoms with Crippen molar-refractivity contribution in [2.45, 2.75) is 20.8 Å². The summed E-state index contributed by atoms with van der Waals surface area (Å²) < 4.78 is 0. The highest BCUT2D eigenvalue weighted by Crippen LogP contribution is 2.05. The molecule has 0 amide bonds. The van der Waals surface area contributed by atoms with E-state index in [1.807, 2.05) is 0 Å². The van der Waals surface area contributed by atoms with Crippen LogP contribution in [0.25, 0.3) is 0 Å². The maximum atomic E-state index is 5.29. The lowest BCUT2D eigenvalue weighted by molar-refractivity contribution is 0.764. The van der Waals surface area contributed by atoms with Crippen LogP contribution in [0.15, 0.2) is 11.6 Å². The molecule has 0 saturated heterocycles. The van der Waals surface area contributed by atoms with E-state index >= 15 is 0 Å². The van der Waals surface area contributed by atoms with Crippen LogP contribution in [0.3, 0.4) is 0 Å². The van der Waals surface area contributed by atoms with Gasteiger partial charge in [0.2, 0.25) is 0 Å². The number of rotatable bonds is 2. The van der Waals surface area contributed by atoms with E-state index in [9.17, 15) is 0 Å².